The largest absolute Gasteiger partial charge is 0.480 e. The van der Waals surface area contributed by atoms with Gasteiger partial charge in [-0.05, 0) is 61.3 Å². The van der Waals surface area contributed by atoms with E-state index < -0.39 is 6.10 Å². The molecule has 0 unspecified atom stereocenters. The molecule has 0 aliphatic carbocycles. The van der Waals surface area contributed by atoms with Crippen molar-refractivity contribution in [3.63, 3.8) is 0 Å². The Labute approximate surface area is 191 Å². The lowest BCUT2D eigenvalue weighted by Gasteiger charge is -2.32. The van der Waals surface area contributed by atoms with Gasteiger partial charge in [0.15, 0.2) is 6.10 Å². The molecule has 4 nitrogen and oxygen atoms in total. The molecule has 168 valence electrons. The fourth-order valence-corrected chi connectivity index (χ4v) is 4.40. The molecule has 0 saturated carbocycles. The zero-order valence-electron chi connectivity index (χ0n) is 19.4. The summed E-state index contributed by atoms with van der Waals surface area (Å²) in [7, 11) is 0. The number of fused-ring (bicyclic) bond motifs is 1. The number of carbonyl (C=O) groups is 1. The van der Waals surface area contributed by atoms with E-state index in [0.717, 1.165) is 41.1 Å². The van der Waals surface area contributed by atoms with Gasteiger partial charge in [-0.2, -0.15) is 0 Å². The minimum atomic E-state index is -0.530. The molecule has 1 fully saturated rings. The molecule has 0 aromatic heterocycles. The van der Waals surface area contributed by atoms with Gasteiger partial charge in [0.1, 0.15) is 5.75 Å². The summed E-state index contributed by atoms with van der Waals surface area (Å²) < 4.78 is 6.16. The van der Waals surface area contributed by atoms with Crippen LogP contribution in [0.25, 0.3) is 10.8 Å². The van der Waals surface area contributed by atoms with Crippen LogP contribution in [0.5, 0.6) is 5.75 Å². The van der Waals surface area contributed by atoms with Crippen molar-refractivity contribution in [3.05, 3.63) is 72.3 Å². The third kappa shape index (κ3) is 5.07. The predicted octanol–water partition coefficient (Wildman–Crippen LogP) is 6.11. The zero-order valence-corrected chi connectivity index (χ0v) is 19.4. The molecule has 2 atom stereocenters. The highest BCUT2D eigenvalue weighted by Gasteiger charge is 2.22. The van der Waals surface area contributed by atoms with E-state index in [1.807, 2.05) is 44.2 Å². The van der Waals surface area contributed by atoms with E-state index in [9.17, 15) is 4.79 Å². The van der Waals surface area contributed by atoms with Gasteiger partial charge in [0.25, 0.3) is 5.91 Å². The SMILES string of the molecule is CC[C@H](Oc1cccc2ccccc12)C(=O)N[C@H](C)c1ccc(N2CCC(C)CC2)cc1. The zero-order chi connectivity index (χ0) is 22.5. The van der Waals surface area contributed by atoms with Crippen LogP contribution < -0.4 is 15.0 Å². The van der Waals surface area contributed by atoms with Crippen LogP contribution in [-0.2, 0) is 4.79 Å². The van der Waals surface area contributed by atoms with Gasteiger partial charge in [-0.15, -0.1) is 0 Å². The Morgan fingerprint density at radius 3 is 2.44 bits per heavy atom. The van der Waals surface area contributed by atoms with E-state index in [-0.39, 0.29) is 11.9 Å². The summed E-state index contributed by atoms with van der Waals surface area (Å²) in [5.74, 6) is 1.49. The molecule has 4 heteroatoms. The molecule has 3 aromatic rings. The van der Waals surface area contributed by atoms with E-state index >= 15 is 0 Å². The van der Waals surface area contributed by atoms with E-state index in [4.69, 9.17) is 4.74 Å². The molecule has 1 saturated heterocycles. The van der Waals surface area contributed by atoms with Crippen LogP contribution in [0.3, 0.4) is 0 Å². The summed E-state index contributed by atoms with van der Waals surface area (Å²) in [6, 6.07) is 22.6. The second-order valence-electron chi connectivity index (χ2n) is 8.98. The Hall–Kier alpha value is -3.01. The Morgan fingerprint density at radius 1 is 1.03 bits per heavy atom. The van der Waals surface area contributed by atoms with Crippen LogP contribution in [0.1, 0.15) is 51.6 Å². The average molecular weight is 431 g/mol. The molecule has 0 bridgehead atoms. The lowest BCUT2D eigenvalue weighted by atomic mass is 9.98. The molecule has 1 aliphatic heterocycles. The molecule has 1 amide bonds. The monoisotopic (exact) mass is 430 g/mol. The first kappa shape index (κ1) is 22.2. The number of carbonyl (C=O) groups excluding carboxylic acids is 1. The summed E-state index contributed by atoms with van der Waals surface area (Å²) >= 11 is 0. The summed E-state index contributed by atoms with van der Waals surface area (Å²) in [6.45, 7) is 8.58. The normalized spacial score (nSPS) is 16.5. The second-order valence-corrected chi connectivity index (χ2v) is 8.98. The van der Waals surface area contributed by atoms with Crippen molar-refractivity contribution in [2.45, 2.75) is 52.2 Å². The second kappa shape index (κ2) is 10.1. The highest BCUT2D eigenvalue weighted by Crippen LogP contribution is 2.27. The molecular formula is C28H34N2O2. The van der Waals surface area contributed by atoms with Gasteiger partial charge >= 0.3 is 0 Å². The minimum Gasteiger partial charge on any atom is -0.480 e. The first-order valence-corrected chi connectivity index (χ1v) is 11.8. The van der Waals surface area contributed by atoms with Crippen molar-refractivity contribution in [1.82, 2.24) is 5.32 Å². The third-order valence-electron chi connectivity index (χ3n) is 6.58. The van der Waals surface area contributed by atoms with Crippen molar-refractivity contribution in [2.24, 2.45) is 5.92 Å². The van der Waals surface area contributed by atoms with E-state index in [1.165, 1.54) is 18.5 Å². The van der Waals surface area contributed by atoms with Crippen LogP contribution in [0.15, 0.2) is 66.7 Å². The van der Waals surface area contributed by atoms with Gasteiger partial charge in [-0.1, -0.05) is 62.4 Å². The standard InChI is InChI=1S/C28H34N2O2/c1-4-26(32-27-11-7-9-23-8-5-6-10-25(23)27)28(31)29-21(3)22-12-14-24(15-13-22)30-18-16-20(2)17-19-30/h5-15,20-21,26H,4,16-19H2,1-3H3,(H,29,31)/t21-,26+/m1/s1. The van der Waals surface area contributed by atoms with Gasteiger partial charge in [-0.25, -0.2) is 0 Å². The van der Waals surface area contributed by atoms with Gasteiger partial charge < -0.3 is 15.0 Å². The first-order valence-electron chi connectivity index (χ1n) is 11.8. The van der Waals surface area contributed by atoms with Gasteiger partial charge in [0, 0.05) is 24.2 Å². The quantitative estimate of drug-likeness (QED) is 0.492. The number of hydrogen-bond donors (Lipinski definition) is 1. The van der Waals surface area contributed by atoms with Crippen molar-refractivity contribution in [2.75, 3.05) is 18.0 Å². The highest BCUT2D eigenvalue weighted by molar-refractivity contribution is 5.89. The number of benzene rings is 3. The summed E-state index contributed by atoms with van der Waals surface area (Å²) in [4.78, 5) is 15.5. The third-order valence-corrected chi connectivity index (χ3v) is 6.58. The molecule has 3 aromatic carbocycles. The molecule has 1 aliphatic rings. The maximum absolute atomic E-state index is 13.0. The maximum Gasteiger partial charge on any atom is 0.261 e. The molecule has 1 heterocycles. The van der Waals surface area contributed by atoms with Crippen molar-refractivity contribution >= 4 is 22.4 Å². The molecule has 32 heavy (non-hydrogen) atoms. The molecule has 0 radical (unpaired) electrons. The fourth-order valence-electron chi connectivity index (χ4n) is 4.40. The molecule has 4 rings (SSSR count). The first-order chi connectivity index (χ1) is 15.5. The van der Waals surface area contributed by atoms with Crippen molar-refractivity contribution in [3.8, 4) is 5.75 Å². The van der Waals surface area contributed by atoms with Crippen LogP contribution in [0, 0.1) is 5.92 Å². The number of amides is 1. The van der Waals surface area contributed by atoms with Gasteiger partial charge in [0.05, 0.1) is 6.04 Å². The van der Waals surface area contributed by atoms with Crippen LogP contribution in [0.4, 0.5) is 5.69 Å². The number of rotatable bonds is 7. The topological polar surface area (TPSA) is 41.6 Å². The van der Waals surface area contributed by atoms with Crippen molar-refractivity contribution < 1.29 is 9.53 Å². The Morgan fingerprint density at radius 2 is 1.72 bits per heavy atom. The van der Waals surface area contributed by atoms with E-state index in [0.29, 0.717) is 6.42 Å². The smallest absolute Gasteiger partial charge is 0.261 e. The number of hydrogen-bond acceptors (Lipinski definition) is 3. The predicted molar refractivity (Wildman–Crippen MR) is 132 cm³/mol. The van der Waals surface area contributed by atoms with Crippen LogP contribution in [-0.4, -0.2) is 25.1 Å². The summed E-state index contributed by atoms with van der Waals surface area (Å²) in [5.41, 5.74) is 2.37. The van der Waals surface area contributed by atoms with E-state index in [2.05, 4.69) is 53.5 Å². The van der Waals surface area contributed by atoms with Gasteiger partial charge in [0.2, 0.25) is 0 Å². The Kier molecular flexibility index (Phi) is 6.99. The Bertz CT molecular complexity index is 1030. The van der Waals surface area contributed by atoms with E-state index in [1.54, 1.807) is 0 Å². The number of nitrogens with one attached hydrogen (secondary N) is 1. The number of nitrogens with zero attached hydrogens (tertiary/aromatic N) is 1. The maximum atomic E-state index is 13.0. The average Bonchev–Trinajstić information content (AvgIpc) is 2.83. The van der Waals surface area contributed by atoms with Crippen LogP contribution >= 0.6 is 0 Å². The van der Waals surface area contributed by atoms with Crippen molar-refractivity contribution in [1.29, 1.82) is 0 Å². The molecule has 1 N–H and O–H groups in total. The lowest BCUT2D eigenvalue weighted by Crippen LogP contribution is -2.39. The van der Waals surface area contributed by atoms with Crippen LogP contribution in [0.2, 0.25) is 0 Å². The number of anilines is 1. The number of ether oxygens (including phenoxy) is 1. The molecule has 0 spiro atoms. The summed E-state index contributed by atoms with van der Waals surface area (Å²) in [5, 5.41) is 5.28. The minimum absolute atomic E-state index is 0.0805. The molecular weight excluding hydrogens is 396 g/mol. The fraction of sp³-hybridized carbons (Fsp3) is 0.393. The Balaban J connectivity index is 1.39. The summed E-state index contributed by atoms with van der Waals surface area (Å²) in [6.07, 6.45) is 2.58. The highest BCUT2D eigenvalue weighted by atomic mass is 16.5. The number of piperidine rings is 1. The lowest BCUT2D eigenvalue weighted by molar-refractivity contribution is -0.128. The van der Waals surface area contributed by atoms with Gasteiger partial charge in [-0.3, -0.25) is 4.79 Å².